The van der Waals surface area contributed by atoms with E-state index in [0.29, 0.717) is 0 Å². The molecule has 5 heteroatoms. The van der Waals surface area contributed by atoms with E-state index in [1.807, 2.05) is 0 Å². The van der Waals surface area contributed by atoms with E-state index in [0.717, 1.165) is 19.5 Å². The predicted molar refractivity (Wildman–Crippen MR) is 40.9 cm³/mol. The molecule has 1 fully saturated rings. The average Bonchev–Trinajstić information content (AvgIpc) is 2.06. The summed E-state index contributed by atoms with van der Waals surface area (Å²) in [5.74, 6) is 5.15. The van der Waals surface area contributed by atoms with Gasteiger partial charge in [-0.05, 0) is 13.0 Å². The Morgan fingerprint density at radius 2 is 2.45 bits per heavy atom. The van der Waals surface area contributed by atoms with Crippen molar-refractivity contribution in [1.82, 2.24) is 5.32 Å². The van der Waals surface area contributed by atoms with E-state index in [1.54, 1.807) is 0 Å². The quantitative estimate of drug-likeness (QED) is 0.282. The average molecular weight is 158 g/mol. The molecule has 1 aliphatic rings. The van der Waals surface area contributed by atoms with Gasteiger partial charge in [0.1, 0.15) is 0 Å². The number of nitrogens with zero attached hydrogens (tertiary/aromatic N) is 2. The van der Waals surface area contributed by atoms with E-state index >= 15 is 0 Å². The van der Waals surface area contributed by atoms with Crippen molar-refractivity contribution in [2.24, 2.45) is 22.1 Å². The molecule has 1 heterocycles. The summed E-state index contributed by atoms with van der Waals surface area (Å²) in [4.78, 5) is 0. The zero-order valence-corrected chi connectivity index (χ0v) is 6.40. The molecule has 0 saturated carbocycles. The maximum atomic E-state index is 8.92. The highest BCUT2D eigenvalue weighted by molar-refractivity contribution is 4.81. The van der Waals surface area contributed by atoms with Crippen molar-refractivity contribution >= 4 is 0 Å². The van der Waals surface area contributed by atoms with Crippen molar-refractivity contribution in [1.29, 1.82) is 0 Å². The fourth-order valence-corrected chi connectivity index (χ4v) is 1.33. The summed E-state index contributed by atoms with van der Waals surface area (Å²) in [5, 5.41) is 19.1. The lowest BCUT2D eigenvalue weighted by molar-refractivity contribution is 0.175. The Balaban J connectivity index is 2.44. The Labute approximate surface area is 65.7 Å². The van der Waals surface area contributed by atoms with Crippen LogP contribution in [0.15, 0.2) is 10.3 Å². The van der Waals surface area contributed by atoms with Crippen LogP contribution in [0.1, 0.15) is 6.42 Å². The normalized spacial score (nSPS) is 32.8. The largest absolute Gasteiger partial charge is 0.396 e. The molecule has 1 aliphatic heterocycles. The zero-order chi connectivity index (χ0) is 8.10. The van der Waals surface area contributed by atoms with Crippen molar-refractivity contribution in [3.05, 3.63) is 0 Å². The number of nitrogens with one attached hydrogen (secondary N) is 1. The highest BCUT2D eigenvalue weighted by Crippen LogP contribution is 2.14. The maximum absolute atomic E-state index is 8.92. The minimum Gasteiger partial charge on any atom is -0.396 e. The van der Waals surface area contributed by atoms with Crippen LogP contribution in [0.25, 0.3) is 0 Å². The molecule has 0 spiro atoms. The van der Waals surface area contributed by atoms with Gasteiger partial charge >= 0.3 is 0 Å². The van der Waals surface area contributed by atoms with E-state index in [1.165, 1.54) is 0 Å². The number of nitrogens with two attached hydrogens (primary N) is 1. The van der Waals surface area contributed by atoms with Gasteiger partial charge in [-0.2, -0.15) is 5.11 Å². The van der Waals surface area contributed by atoms with Crippen LogP contribution in [0.3, 0.4) is 0 Å². The molecular formula is C6H14N4O. The van der Waals surface area contributed by atoms with Gasteiger partial charge in [0.2, 0.25) is 0 Å². The number of hydrogen-bond acceptors (Lipinski definition) is 4. The molecule has 2 atom stereocenters. The van der Waals surface area contributed by atoms with E-state index in [2.05, 4.69) is 15.7 Å². The summed E-state index contributed by atoms with van der Waals surface area (Å²) >= 11 is 0. The molecule has 0 aromatic carbocycles. The van der Waals surface area contributed by atoms with Crippen LogP contribution in [-0.2, 0) is 0 Å². The number of hydrogen-bond donors (Lipinski definition) is 3. The number of piperidine rings is 1. The fourth-order valence-electron chi connectivity index (χ4n) is 1.33. The van der Waals surface area contributed by atoms with E-state index in [9.17, 15) is 0 Å². The topological polar surface area (TPSA) is 83.0 Å². The Morgan fingerprint density at radius 1 is 1.64 bits per heavy atom. The van der Waals surface area contributed by atoms with E-state index < -0.39 is 0 Å². The molecule has 4 N–H and O–H groups in total. The smallest absolute Gasteiger partial charge is 0.0903 e. The van der Waals surface area contributed by atoms with Gasteiger partial charge in [0, 0.05) is 19.1 Å². The van der Waals surface area contributed by atoms with Crippen molar-refractivity contribution < 1.29 is 5.11 Å². The maximum Gasteiger partial charge on any atom is 0.0903 e. The highest BCUT2D eigenvalue weighted by Gasteiger charge is 2.23. The van der Waals surface area contributed by atoms with E-state index in [-0.39, 0.29) is 18.6 Å². The summed E-state index contributed by atoms with van der Waals surface area (Å²) in [6, 6.07) is 0.0544. The minimum absolute atomic E-state index is 0.0544. The molecule has 64 valence electrons. The SMILES string of the molecule is NN=NC1CNCCC1CO. The van der Waals surface area contributed by atoms with Crippen LogP contribution in [-0.4, -0.2) is 30.8 Å². The molecule has 0 radical (unpaired) electrons. The molecule has 2 unspecified atom stereocenters. The second kappa shape index (κ2) is 4.25. The van der Waals surface area contributed by atoms with Crippen LogP contribution >= 0.6 is 0 Å². The first kappa shape index (κ1) is 8.42. The third-order valence-electron chi connectivity index (χ3n) is 2.04. The molecule has 11 heavy (non-hydrogen) atoms. The van der Waals surface area contributed by atoms with Crippen LogP contribution in [0.5, 0.6) is 0 Å². The zero-order valence-electron chi connectivity index (χ0n) is 6.40. The van der Waals surface area contributed by atoms with Crippen LogP contribution in [0.2, 0.25) is 0 Å². The molecule has 1 rings (SSSR count). The first-order valence-corrected chi connectivity index (χ1v) is 3.80. The monoisotopic (exact) mass is 158 g/mol. The van der Waals surface area contributed by atoms with Gasteiger partial charge in [-0.3, -0.25) is 0 Å². The van der Waals surface area contributed by atoms with Crippen molar-refractivity contribution in [3.8, 4) is 0 Å². The van der Waals surface area contributed by atoms with Crippen molar-refractivity contribution in [2.75, 3.05) is 19.7 Å². The summed E-state index contributed by atoms with van der Waals surface area (Å²) in [5.41, 5.74) is 0. The van der Waals surface area contributed by atoms with Gasteiger partial charge in [-0.15, -0.1) is 0 Å². The number of aliphatic hydroxyl groups is 1. The minimum atomic E-state index is 0.0544. The van der Waals surface area contributed by atoms with Gasteiger partial charge in [-0.1, -0.05) is 5.22 Å². The summed E-state index contributed by atoms with van der Waals surface area (Å²) in [6.45, 7) is 1.89. The standard InChI is InChI=1S/C6H14N4O/c7-10-9-6-3-8-2-1-5(6)4-11/h5-6,8,11H,1-4H2,(H2,7,9). The van der Waals surface area contributed by atoms with Gasteiger partial charge < -0.3 is 16.3 Å². The fraction of sp³-hybridized carbons (Fsp3) is 1.00. The third-order valence-corrected chi connectivity index (χ3v) is 2.04. The molecule has 0 aromatic heterocycles. The lowest BCUT2D eigenvalue weighted by atomic mass is 9.94. The molecule has 0 bridgehead atoms. The lowest BCUT2D eigenvalue weighted by Crippen LogP contribution is -2.40. The Bertz CT molecular complexity index is 139. The Hall–Kier alpha value is -0.680. The third kappa shape index (κ3) is 2.13. The highest BCUT2D eigenvalue weighted by atomic mass is 16.3. The molecule has 0 amide bonds. The second-order valence-electron chi connectivity index (χ2n) is 2.73. The van der Waals surface area contributed by atoms with Gasteiger partial charge in [-0.25, -0.2) is 0 Å². The molecular weight excluding hydrogens is 144 g/mol. The number of rotatable bonds is 2. The lowest BCUT2D eigenvalue weighted by Gasteiger charge is -2.26. The van der Waals surface area contributed by atoms with Crippen LogP contribution in [0, 0.1) is 5.92 Å². The Kier molecular flexibility index (Phi) is 3.25. The first-order chi connectivity index (χ1) is 5.38. The van der Waals surface area contributed by atoms with Crippen molar-refractivity contribution in [3.63, 3.8) is 0 Å². The molecule has 0 aliphatic carbocycles. The van der Waals surface area contributed by atoms with Crippen LogP contribution < -0.4 is 11.2 Å². The second-order valence-corrected chi connectivity index (χ2v) is 2.73. The van der Waals surface area contributed by atoms with Gasteiger partial charge in [0.15, 0.2) is 0 Å². The molecule has 5 nitrogen and oxygen atoms in total. The Morgan fingerprint density at radius 3 is 3.09 bits per heavy atom. The van der Waals surface area contributed by atoms with Gasteiger partial charge in [0.05, 0.1) is 6.04 Å². The molecule has 0 aromatic rings. The number of aliphatic hydroxyl groups excluding tert-OH is 1. The predicted octanol–water partition coefficient (Wildman–Crippen LogP) is -0.717. The molecule has 1 saturated heterocycles. The van der Waals surface area contributed by atoms with Crippen molar-refractivity contribution in [2.45, 2.75) is 12.5 Å². The first-order valence-electron chi connectivity index (χ1n) is 3.80. The van der Waals surface area contributed by atoms with E-state index in [4.69, 9.17) is 10.9 Å². The van der Waals surface area contributed by atoms with Gasteiger partial charge in [0.25, 0.3) is 0 Å². The summed E-state index contributed by atoms with van der Waals surface area (Å²) in [7, 11) is 0. The summed E-state index contributed by atoms with van der Waals surface area (Å²) < 4.78 is 0. The summed E-state index contributed by atoms with van der Waals surface area (Å²) in [6.07, 6.45) is 0.945. The van der Waals surface area contributed by atoms with Crippen LogP contribution in [0.4, 0.5) is 0 Å².